The van der Waals surface area contributed by atoms with Gasteiger partial charge in [0, 0.05) is 17.7 Å². The molecule has 2 aromatic carbocycles. The first-order valence-electron chi connectivity index (χ1n) is 10.2. The highest BCUT2D eigenvalue weighted by Crippen LogP contribution is 2.39. The summed E-state index contributed by atoms with van der Waals surface area (Å²) in [6.07, 6.45) is 2.68. The fourth-order valence-electron chi connectivity index (χ4n) is 4.55. The van der Waals surface area contributed by atoms with Crippen molar-refractivity contribution in [3.63, 3.8) is 0 Å². The van der Waals surface area contributed by atoms with Crippen molar-refractivity contribution in [1.29, 1.82) is 0 Å². The van der Waals surface area contributed by atoms with Gasteiger partial charge in [-0.1, -0.05) is 30.3 Å². The second-order valence-electron chi connectivity index (χ2n) is 7.97. The van der Waals surface area contributed by atoms with Crippen molar-refractivity contribution in [2.45, 2.75) is 25.8 Å². The third-order valence-corrected chi connectivity index (χ3v) is 6.21. The minimum absolute atomic E-state index is 0.0716. The molecule has 1 saturated heterocycles. The van der Waals surface area contributed by atoms with E-state index in [-0.39, 0.29) is 11.6 Å². The summed E-state index contributed by atoms with van der Waals surface area (Å²) in [5, 5.41) is 0. The second kappa shape index (κ2) is 8.37. The molecular weight excluding hydrogens is 366 g/mol. The van der Waals surface area contributed by atoms with Crippen LogP contribution in [0, 0.1) is 11.8 Å². The van der Waals surface area contributed by atoms with Gasteiger partial charge in [-0.2, -0.15) is 0 Å². The molecule has 2 aliphatic rings. The Morgan fingerprint density at radius 2 is 1.45 bits per heavy atom. The van der Waals surface area contributed by atoms with Gasteiger partial charge < -0.3 is 9.47 Å². The smallest absolute Gasteiger partial charge is 0.174 e. The van der Waals surface area contributed by atoms with Crippen molar-refractivity contribution >= 4 is 11.6 Å². The highest BCUT2D eigenvalue weighted by Gasteiger charge is 2.41. The third kappa shape index (κ3) is 3.92. The molecule has 1 aliphatic heterocycles. The minimum atomic E-state index is -0.563. The predicted molar refractivity (Wildman–Crippen MR) is 111 cm³/mol. The van der Waals surface area contributed by atoms with E-state index in [2.05, 4.69) is 29.2 Å². The molecule has 0 spiro atoms. The quantitative estimate of drug-likeness (QED) is 0.695. The van der Waals surface area contributed by atoms with Gasteiger partial charge in [0.2, 0.25) is 0 Å². The summed E-state index contributed by atoms with van der Waals surface area (Å²) in [6, 6.07) is 13.8. The fraction of sp³-hybridized carbons (Fsp3) is 0.417. The standard InChI is InChI=1S/C24H27NO4/c1-28-21-13-18-19(14-22(21)29-2)24(27)20(23(18)26)12-16-8-10-25(11-9-16)15-17-6-4-3-5-7-17/h3-7,13-14,16,20H,8-12,15H2,1-2H3. The van der Waals surface area contributed by atoms with Gasteiger partial charge >= 0.3 is 0 Å². The van der Waals surface area contributed by atoms with Crippen LogP contribution in [-0.2, 0) is 6.54 Å². The van der Waals surface area contributed by atoms with E-state index in [4.69, 9.17) is 9.47 Å². The number of hydrogen-bond donors (Lipinski definition) is 0. The van der Waals surface area contributed by atoms with Crippen LogP contribution >= 0.6 is 0 Å². The van der Waals surface area contributed by atoms with E-state index in [1.807, 2.05) is 6.07 Å². The molecule has 5 nitrogen and oxygen atoms in total. The first-order valence-corrected chi connectivity index (χ1v) is 10.2. The molecule has 1 heterocycles. The summed E-state index contributed by atoms with van der Waals surface area (Å²) in [4.78, 5) is 28.3. The van der Waals surface area contributed by atoms with E-state index < -0.39 is 5.92 Å². The summed E-state index contributed by atoms with van der Waals surface area (Å²) >= 11 is 0. The topological polar surface area (TPSA) is 55.8 Å². The number of nitrogens with zero attached hydrogens (tertiary/aromatic N) is 1. The Balaban J connectivity index is 1.39. The average molecular weight is 393 g/mol. The van der Waals surface area contributed by atoms with Crippen molar-refractivity contribution in [2.24, 2.45) is 11.8 Å². The molecule has 0 radical (unpaired) electrons. The molecule has 1 fully saturated rings. The van der Waals surface area contributed by atoms with Crippen LogP contribution in [0.1, 0.15) is 45.5 Å². The first-order chi connectivity index (χ1) is 14.1. The SMILES string of the molecule is COc1cc2c(cc1OC)C(=O)C(CC1CCN(Cc3ccccc3)CC1)C2=O. The highest BCUT2D eigenvalue weighted by molar-refractivity contribution is 6.26. The van der Waals surface area contributed by atoms with Crippen LogP contribution in [0.4, 0.5) is 0 Å². The number of rotatable bonds is 6. The minimum Gasteiger partial charge on any atom is -0.493 e. The molecule has 4 rings (SSSR count). The fourth-order valence-corrected chi connectivity index (χ4v) is 4.55. The molecule has 29 heavy (non-hydrogen) atoms. The Labute approximate surface area is 171 Å². The Kier molecular flexibility index (Phi) is 5.67. The van der Waals surface area contributed by atoms with Gasteiger partial charge in [0.15, 0.2) is 23.1 Å². The van der Waals surface area contributed by atoms with E-state index in [0.717, 1.165) is 32.5 Å². The predicted octanol–water partition coefficient (Wildman–Crippen LogP) is 4.00. The van der Waals surface area contributed by atoms with Crippen LogP contribution in [0.15, 0.2) is 42.5 Å². The van der Waals surface area contributed by atoms with Gasteiger partial charge in [-0.15, -0.1) is 0 Å². The number of carbonyl (C=O) groups is 2. The lowest BCUT2D eigenvalue weighted by Gasteiger charge is -2.32. The summed E-state index contributed by atoms with van der Waals surface area (Å²) < 4.78 is 10.6. The lowest BCUT2D eigenvalue weighted by molar-refractivity contribution is 0.0791. The maximum absolute atomic E-state index is 12.9. The average Bonchev–Trinajstić information content (AvgIpc) is 2.99. The number of methoxy groups -OCH3 is 2. The van der Waals surface area contributed by atoms with Gasteiger partial charge in [-0.05, 0) is 56.0 Å². The summed E-state index contributed by atoms with van der Waals surface area (Å²) in [5.74, 6) is 0.672. The zero-order chi connectivity index (χ0) is 20.4. The molecule has 1 aliphatic carbocycles. The van der Waals surface area contributed by atoms with Gasteiger partial charge in [0.05, 0.1) is 20.1 Å². The molecule has 0 amide bonds. The Morgan fingerprint density at radius 1 is 0.897 bits per heavy atom. The number of hydrogen-bond acceptors (Lipinski definition) is 5. The number of Topliss-reactive ketones (excluding diaryl/α,β-unsaturated/α-hetero) is 2. The van der Waals surface area contributed by atoms with Crippen LogP contribution in [0.25, 0.3) is 0 Å². The number of piperidine rings is 1. The lowest BCUT2D eigenvalue weighted by atomic mass is 9.85. The zero-order valence-electron chi connectivity index (χ0n) is 17.0. The van der Waals surface area contributed by atoms with E-state index in [9.17, 15) is 9.59 Å². The molecule has 2 aromatic rings. The third-order valence-electron chi connectivity index (χ3n) is 6.21. The van der Waals surface area contributed by atoms with E-state index in [1.165, 1.54) is 19.8 Å². The second-order valence-corrected chi connectivity index (χ2v) is 7.97. The van der Waals surface area contributed by atoms with Gasteiger partial charge in [-0.25, -0.2) is 0 Å². The molecule has 0 aromatic heterocycles. The van der Waals surface area contributed by atoms with Crippen LogP contribution in [0.5, 0.6) is 11.5 Å². The van der Waals surface area contributed by atoms with Crippen LogP contribution in [-0.4, -0.2) is 43.8 Å². The van der Waals surface area contributed by atoms with Gasteiger partial charge in [-0.3, -0.25) is 14.5 Å². The number of ketones is 2. The van der Waals surface area contributed by atoms with Crippen molar-refractivity contribution in [1.82, 2.24) is 4.90 Å². The van der Waals surface area contributed by atoms with Crippen molar-refractivity contribution in [2.75, 3.05) is 27.3 Å². The molecule has 0 N–H and O–H groups in total. The van der Waals surface area contributed by atoms with Crippen LogP contribution in [0.3, 0.4) is 0 Å². The molecule has 5 heteroatoms. The zero-order valence-corrected chi connectivity index (χ0v) is 17.0. The summed E-state index contributed by atoms with van der Waals surface area (Å²) in [7, 11) is 3.07. The number of benzene rings is 2. The van der Waals surface area contributed by atoms with E-state index >= 15 is 0 Å². The molecular formula is C24H27NO4. The molecule has 152 valence electrons. The molecule has 0 atom stereocenters. The maximum Gasteiger partial charge on any atom is 0.174 e. The first kappa shape index (κ1) is 19.6. The van der Waals surface area contributed by atoms with Crippen LogP contribution in [0.2, 0.25) is 0 Å². The Bertz CT molecular complexity index is 858. The van der Waals surface area contributed by atoms with Gasteiger partial charge in [0.25, 0.3) is 0 Å². The highest BCUT2D eigenvalue weighted by atomic mass is 16.5. The monoisotopic (exact) mass is 393 g/mol. The molecule has 0 bridgehead atoms. The maximum atomic E-state index is 12.9. The van der Waals surface area contributed by atoms with E-state index in [0.29, 0.717) is 35.0 Å². The number of ether oxygens (including phenoxy) is 2. The summed E-state index contributed by atoms with van der Waals surface area (Å²) in [5.41, 5.74) is 2.27. The molecule has 0 saturated carbocycles. The van der Waals surface area contributed by atoms with E-state index in [1.54, 1.807) is 12.1 Å². The van der Waals surface area contributed by atoms with Crippen molar-refractivity contribution in [3.05, 3.63) is 59.2 Å². The van der Waals surface area contributed by atoms with Crippen molar-refractivity contribution < 1.29 is 19.1 Å². The Morgan fingerprint density at radius 3 is 1.97 bits per heavy atom. The number of fused-ring (bicyclic) bond motifs is 1. The van der Waals surface area contributed by atoms with Crippen LogP contribution < -0.4 is 9.47 Å². The largest absolute Gasteiger partial charge is 0.493 e. The number of carbonyl (C=O) groups excluding carboxylic acids is 2. The van der Waals surface area contributed by atoms with Crippen molar-refractivity contribution in [3.8, 4) is 11.5 Å². The lowest BCUT2D eigenvalue weighted by Crippen LogP contribution is -2.34. The molecule has 0 unspecified atom stereocenters. The number of likely N-dealkylation sites (tertiary alicyclic amines) is 1. The Hall–Kier alpha value is -2.66. The normalized spacial score (nSPS) is 18.1. The van der Waals surface area contributed by atoms with Gasteiger partial charge in [0.1, 0.15) is 0 Å². The summed E-state index contributed by atoms with van der Waals surface area (Å²) in [6.45, 7) is 2.96.